The average Bonchev–Trinajstić information content (AvgIpc) is 2.97. The van der Waals surface area contributed by atoms with Crippen LogP contribution in [0.15, 0.2) is 48.5 Å². The minimum Gasteiger partial charge on any atom is -0.484 e. The summed E-state index contributed by atoms with van der Waals surface area (Å²) in [6.45, 7) is 2.02. The maximum atomic E-state index is 13.0. The molecule has 29 heavy (non-hydrogen) atoms. The smallest absolute Gasteiger partial charge is 0.261 e. The number of benzene rings is 2. The fourth-order valence-electron chi connectivity index (χ4n) is 4.50. The highest BCUT2D eigenvalue weighted by atomic mass is 19.1. The van der Waals surface area contributed by atoms with Crippen molar-refractivity contribution in [3.63, 3.8) is 0 Å². The number of aryl methyl sites for hydroxylation is 1. The molecule has 4 rings (SSSR count). The highest BCUT2D eigenvalue weighted by Crippen LogP contribution is 2.36. The Morgan fingerprint density at radius 2 is 1.79 bits per heavy atom. The molecule has 1 N–H and O–H groups in total. The number of amides is 2. The van der Waals surface area contributed by atoms with Gasteiger partial charge in [0, 0.05) is 23.7 Å². The third-order valence-electron chi connectivity index (χ3n) is 5.81. The molecule has 0 spiro atoms. The van der Waals surface area contributed by atoms with Crippen LogP contribution in [-0.4, -0.2) is 41.4 Å². The molecule has 2 heterocycles. The lowest BCUT2D eigenvalue weighted by molar-refractivity contribution is -0.138. The monoisotopic (exact) mass is 396 g/mol. The van der Waals surface area contributed by atoms with Gasteiger partial charge in [-0.05, 0) is 74.6 Å². The fourth-order valence-corrected chi connectivity index (χ4v) is 4.50. The van der Waals surface area contributed by atoms with Crippen molar-refractivity contribution in [2.45, 2.75) is 50.7 Å². The van der Waals surface area contributed by atoms with Crippen LogP contribution in [0.5, 0.6) is 5.75 Å². The minimum atomic E-state index is -0.362. The molecule has 6 heteroatoms. The van der Waals surface area contributed by atoms with Crippen LogP contribution in [0.2, 0.25) is 0 Å². The minimum absolute atomic E-state index is 0.00215. The first-order chi connectivity index (χ1) is 14.0. The number of carbonyl (C=O) groups excluding carboxylic acids is 2. The van der Waals surface area contributed by atoms with Crippen LogP contribution in [0.1, 0.15) is 41.6 Å². The maximum Gasteiger partial charge on any atom is 0.261 e. The molecule has 2 atom stereocenters. The first-order valence-electron chi connectivity index (χ1n) is 10.1. The lowest BCUT2D eigenvalue weighted by Gasteiger charge is -2.39. The number of nitrogens with one attached hydrogen (secondary N) is 1. The molecule has 5 nitrogen and oxygen atoms in total. The van der Waals surface area contributed by atoms with E-state index in [9.17, 15) is 14.0 Å². The number of ether oxygens (including phenoxy) is 1. The Labute approximate surface area is 169 Å². The first kappa shape index (κ1) is 19.4. The van der Waals surface area contributed by atoms with Gasteiger partial charge >= 0.3 is 0 Å². The summed E-state index contributed by atoms with van der Waals surface area (Å²) in [5.41, 5.74) is 1.54. The third kappa shape index (κ3) is 4.42. The van der Waals surface area contributed by atoms with Gasteiger partial charge in [-0.2, -0.15) is 0 Å². The van der Waals surface area contributed by atoms with Gasteiger partial charge in [-0.15, -0.1) is 0 Å². The first-order valence-corrected chi connectivity index (χ1v) is 10.1. The van der Waals surface area contributed by atoms with E-state index in [4.69, 9.17) is 4.74 Å². The van der Waals surface area contributed by atoms with Crippen LogP contribution in [0.3, 0.4) is 0 Å². The van der Waals surface area contributed by atoms with E-state index < -0.39 is 0 Å². The molecule has 0 radical (unpaired) electrons. The summed E-state index contributed by atoms with van der Waals surface area (Å²) >= 11 is 0. The van der Waals surface area contributed by atoms with Gasteiger partial charge in [-0.1, -0.05) is 12.1 Å². The fraction of sp³-hybridized carbons (Fsp3) is 0.391. The van der Waals surface area contributed by atoms with Crippen LogP contribution in [0.25, 0.3) is 0 Å². The predicted molar refractivity (Wildman–Crippen MR) is 107 cm³/mol. The van der Waals surface area contributed by atoms with Gasteiger partial charge < -0.3 is 15.0 Å². The molecule has 2 aliphatic rings. The zero-order valence-electron chi connectivity index (χ0n) is 16.4. The van der Waals surface area contributed by atoms with E-state index in [1.807, 2.05) is 36.1 Å². The summed E-state index contributed by atoms with van der Waals surface area (Å²) in [6, 6.07) is 13.5. The van der Waals surface area contributed by atoms with E-state index in [0.29, 0.717) is 11.3 Å². The van der Waals surface area contributed by atoms with Crippen molar-refractivity contribution in [2.24, 2.45) is 0 Å². The van der Waals surface area contributed by atoms with Gasteiger partial charge in [0.1, 0.15) is 11.6 Å². The number of carbonyl (C=O) groups is 2. The average molecular weight is 396 g/mol. The third-order valence-corrected chi connectivity index (χ3v) is 5.81. The largest absolute Gasteiger partial charge is 0.484 e. The SMILES string of the molecule is Cc1cccc(OCC(=O)N2C3CCC2CC(NC(=O)c2ccc(F)cc2)C3)c1. The molecule has 2 bridgehead atoms. The second-order valence-electron chi connectivity index (χ2n) is 7.94. The number of fused-ring (bicyclic) bond motifs is 2. The Morgan fingerprint density at radius 3 is 2.45 bits per heavy atom. The molecule has 152 valence electrons. The highest BCUT2D eigenvalue weighted by Gasteiger charge is 2.43. The molecule has 2 aliphatic heterocycles. The Hall–Kier alpha value is -2.89. The van der Waals surface area contributed by atoms with Gasteiger partial charge in [-0.3, -0.25) is 9.59 Å². The van der Waals surface area contributed by atoms with E-state index in [1.54, 1.807) is 0 Å². The van der Waals surface area contributed by atoms with E-state index in [-0.39, 0.29) is 42.4 Å². The standard InChI is InChI=1S/C23H25FN2O3/c1-15-3-2-4-21(11-15)29-14-22(27)26-19-9-10-20(26)13-18(12-19)25-23(28)16-5-7-17(24)8-6-16/h2-8,11,18-20H,9-10,12-14H2,1H3,(H,25,28). The summed E-state index contributed by atoms with van der Waals surface area (Å²) in [5.74, 6) is 0.144. The number of nitrogens with zero attached hydrogens (tertiary/aromatic N) is 1. The van der Waals surface area contributed by atoms with Crippen LogP contribution in [-0.2, 0) is 4.79 Å². The van der Waals surface area contributed by atoms with Crippen LogP contribution in [0, 0.1) is 12.7 Å². The summed E-state index contributed by atoms with van der Waals surface area (Å²) in [7, 11) is 0. The lowest BCUT2D eigenvalue weighted by atomic mass is 9.96. The molecule has 2 amide bonds. The van der Waals surface area contributed by atoms with Gasteiger partial charge in [0.25, 0.3) is 11.8 Å². The van der Waals surface area contributed by atoms with Crippen molar-refractivity contribution in [3.05, 3.63) is 65.5 Å². The Morgan fingerprint density at radius 1 is 1.10 bits per heavy atom. The Balaban J connectivity index is 1.33. The molecular formula is C23H25FN2O3. The van der Waals surface area contributed by atoms with Crippen molar-refractivity contribution >= 4 is 11.8 Å². The van der Waals surface area contributed by atoms with Gasteiger partial charge in [0.05, 0.1) is 0 Å². The van der Waals surface area contributed by atoms with E-state index in [2.05, 4.69) is 5.32 Å². The van der Waals surface area contributed by atoms with Gasteiger partial charge in [0.15, 0.2) is 6.61 Å². The summed E-state index contributed by atoms with van der Waals surface area (Å²) < 4.78 is 18.7. The molecule has 2 aromatic carbocycles. The quantitative estimate of drug-likeness (QED) is 0.842. The lowest BCUT2D eigenvalue weighted by Crippen LogP contribution is -2.53. The Bertz CT molecular complexity index is 885. The number of halogens is 1. The molecule has 0 aliphatic carbocycles. The number of hydrogen-bond acceptors (Lipinski definition) is 3. The van der Waals surface area contributed by atoms with E-state index in [1.165, 1.54) is 24.3 Å². The summed E-state index contributed by atoms with van der Waals surface area (Å²) in [6.07, 6.45) is 3.37. The van der Waals surface area contributed by atoms with E-state index in [0.717, 1.165) is 31.2 Å². The van der Waals surface area contributed by atoms with Crippen LogP contribution >= 0.6 is 0 Å². The summed E-state index contributed by atoms with van der Waals surface area (Å²) in [4.78, 5) is 27.2. The molecule has 0 saturated carbocycles. The summed E-state index contributed by atoms with van der Waals surface area (Å²) in [5, 5.41) is 3.05. The van der Waals surface area contributed by atoms with Gasteiger partial charge in [0.2, 0.25) is 0 Å². The molecule has 2 saturated heterocycles. The molecule has 2 fully saturated rings. The van der Waals surface area contributed by atoms with Gasteiger partial charge in [-0.25, -0.2) is 4.39 Å². The molecule has 0 aromatic heterocycles. The van der Waals surface area contributed by atoms with Crippen LogP contribution < -0.4 is 10.1 Å². The Kier molecular flexibility index (Phi) is 5.51. The normalized spacial score (nSPS) is 23.0. The zero-order valence-corrected chi connectivity index (χ0v) is 16.4. The van der Waals surface area contributed by atoms with Crippen molar-refractivity contribution in [3.8, 4) is 5.75 Å². The second kappa shape index (κ2) is 8.23. The molecule has 2 aromatic rings. The topological polar surface area (TPSA) is 58.6 Å². The predicted octanol–water partition coefficient (Wildman–Crippen LogP) is 3.46. The highest BCUT2D eigenvalue weighted by molar-refractivity contribution is 5.94. The van der Waals surface area contributed by atoms with Crippen molar-refractivity contribution < 1.29 is 18.7 Å². The number of piperidine rings is 1. The second-order valence-corrected chi connectivity index (χ2v) is 7.94. The van der Waals surface area contributed by atoms with Crippen molar-refractivity contribution in [1.29, 1.82) is 0 Å². The maximum absolute atomic E-state index is 13.0. The molecular weight excluding hydrogens is 371 g/mol. The molecule has 2 unspecified atom stereocenters. The van der Waals surface area contributed by atoms with Crippen LogP contribution in [0.4, 0.5) is 4.39 Å². The zero-order chi connectivity index (χ0) is 20.4. The van der Waals surface area contributed by atoms with Crippen molar-refractivity contribution in [2.75, 3.05) is 6.61 Å². The number of rotatable bonds is 5. The van der Waals surface area contributed by atoms with E-state index >= 15 is 0 Å². The number of hydrogen-bond donors (Lipinski definition) is 1. The van der Waals surface area contributed by atoms with Crippen molar-refractivity contribution in [1.82, 2.24) is 10.2 Å².